The highest BCUT2D eigenvalue weighted by molar-refractivity contribution is 5.28. The summed E-state index contributed by atoms with van der Waals surface area (Å²) < 4.78 is 57.4. The first kappa shape index (κ1) is 13.1. The maximum absolute atomic E-state index is 13.3. The summed E-state index contributed by atoms with van der Waals surface area (Å²) in [5.41, 5.74) is 5.21. The lowest BCUT2D eigenvalue weighted by Gasteiger charge is -2.16. The van der Waals surface area contributed by atoms with Crippen molar-refractivity contribution in [2.75, 3.05) is 13.2 Å². The maximum Gasteiger partial charge on any atom is 0.203 e. The van der Waals surface area contributed by atoms with Crippen LogP contribution in [0.15, 0.2) is 6.07 Å². The lowest BCUT2D eigenvalue weighted by molar-refractivity contribution is 0.204. The monoisotopic (exact) mass is 263 g/mol. The summed E-state index contributed by atoms with van der Waals surface area (Å²) in [7, 11) is 0. The van der Waals surface area contributed by atoms with Gasteiger partial charge in [-0.1, -0.05) is 0 Å². The van der Waals surface area contributed by atoms with E-state index in [4.69, 9.17) is 10.5 Å². The van der Waals surface area contributed by atoms with Crippen LogP contribution in [0.2, 0.25) is 0 Å². The van der Waals surface area contributed by atoms with Crippen molar-refractivity contribution in [3.8, 4) is 5.75 Å². The van der Waals surface area contributed by atoms with Crippen molar-refractivity contribution in [3.05, 3.63) is 29.3 Å². The normalized spacial score (nSPS) is 16.7. The number of nitrogens with two attached hydrogens (primary N) is 1. The molecule has 1 aromatic carbocycles. The first-order valence-electron chi connectivity index (χ1n) is 5.65. The van der Waals surface area contributed by atoms with Gasteiger partial charge in [0.15, 0.2) is 17.4 Å². The van der Waals surface area contributed by atoms with E-state index in [0.717, 1.165) is 12.8 Å². The molecule has 0 radical (unpaired) electrons. The van der Waals surface area contributed by atoms with E-state index in [-0.39, 0.29) is 18.1 Å². The number of benzene rings is 1. The number of ether oxygens (including phenoxy) is 1. The standard InChI is InChI=1S/C12H13F4NO/c13-7-5-8(14)10(16)11(9(7)15)18-6-12(1-2-12)3-4-17/h5H,1-4,6,17H2. The van der Waals surface area contributed by atoms with Crippen molar-refractivity contribution in [2.45, 2.75) is 19.3 Å². The van der Waals surface area contributed by atoms with E-state index in [1.54, 1.807) is 0 Å². The minimum atomic E-state index is -1.50. The van der Waals surface area contributed by atoms with E-state index in [2.05, 4.69) is 0 Å². The van der Waals surface area contributed by atoms with Crippen LogP contribution in [0.1, 0.15) is 19.3 Å². The first-order chi connectivity index (χ1) is 8.49. The molecule has 18 heavy (non-hydrogen) atoms. The second-order valence-corrected chi connectivity index (χ2v) is 4.62. The molecule has 1 aliphatic rings. The Bertz CT molecular complexity index is 434. The van der Waals surface area contributed by atoms with Crippen LogP contribution in [0.5, 0.6) is 5.75 Å². The Morgan fingerprint density at radius 3 is 2.11 bits per heavy atom. The smallest absolute Gasteiger partial charge is 0.203 e. The minimum Gasteiger partial charge on any atom is -0.487 e. The highest BCUT2D eigenvalue weighted by Gasteiger charge is 2.43. The number of hydrogen-bond donors (Lipinski definition) is 1. The van der Waals surface area contributed by atoms with Gasteiger partial charge in [-0.25, -0.2) is 8.78 Å². The fourth-order valence-electron chi connectivity index (χ4n) is 1.85. The molecule has 2 N–H and O–H groups in total. The van der Waals surface area contributed by atoms with E-state index in [0.29, 0.717) is 13.0 Å². The van der Waals surface area contributed by atoms with Gasteiger partial charge >= 0.3 is 0 Å². The number of halogens is 4. The van der Waals surface area contributed by atoms with Crippen LogP contribution in [0.3, 0.4) is 0 Å². The highest BCUT2D eigenvalue weighted by Crippen LogP contribution is 2.48. The predicted octanol–water partition coefficient (Wildman–Crippen LogP) is 2.75. The molecule has 0 saturated heterocycles. The fourth-order valence-corrected chi connectivity index (χ4v) is 1.85. The van der Waals surface area contributed by atoms with Crippen LogP contribution in [0.4, 0.5) is 17.6 Å². The van der Waals surface area contributed by atoms with Gasteiger partial charge in [-0.3, -0.25) is 0 Å². The molecule has 0 spiro atoms. The molecule has 100 valence electrons. The van der Waals surface area contributed by atoms with Gasteiger partial charge in [-0.2, -0.15) is 8.78 Å². The molecule has 1 aliphatic carbocycles. The first-order valence-corrected chi connectivity index (χ1v) is 5.65. The Morgan fingerprint density at radius 2 is 1.67 bits per heavy atom. The topological polar surface area (TPSA) is 35.2 Å². The summed E-state index contributed by atoms with van der Waals surface area (Å²) in [5.74, 6) is -6.93. The molecule has 2 nitrogen and oxygen atoms in total. The molecule has 1 aromatic rings. The molecule has 0 atom stereocenters. The van der Waals surface area contributed by atoms with Crippen molar-refractivity contribution < 1.29 is 22.3 Å². The lowest BCUT2D eigenvalue weighted by atomic mass is 10.0. The summed E-state index contributed by atoms with van der Waals surface area (Å²) in [6, 6.07) is 0.157. The molecule has 0 bridgehead atoms. The quantitative estimate of drug-likeness (QED) is 0.655. The Hall–Kier alpha value is -1.30. The molecular weight excluding hydrogens is 250 g/mol. The SMILES string of the molecule is NCCC1(COc2c(F)c(F)cc(F)c2F)CC1. The van der Waals surface area contributed by atoms with Gasteiger partial charge in [0.25, 0.3) is 0 Å². The molecule has 0 aromatic heterocycles. The van der Waals surface area contributed by atoms with Crippen LogP contribution in [-0.4, -0.2) is 13.2 Å². The Morgan fingerprint density at radius 1 is 1.11 bits per heavy atom. The van der Waals surface area contributed by atoms with Crippen LogP contribution in [0.25, 0.3) is 0 Å². The zero-order valence-electron chi connectivity index (χ0n) is 9.61. The second-order valence-electron chi connectivity index (χ2n) is 4.62. The van der Waals surface area contributed by atoms with E-state index in [1.807, 2.05) is 0 Å². The maximum atomic E-state index is 13.3. The molecule has 2 rings (SSSR count). The lowest BCUT2D eigenvalue weighted by Crippen LogP contribution is -2.18. The van der Waals surface area contributed by atoms with Crippen LogP contribution < -0.4 is 10.5 Å². The van der Waals surface area contributed by atoms with Gasteiger partial charge in [-0.15, -0.1) is 0 Å². The Balaban J connectivity index is 2.14. The Kier molecular flexibility index (Phi) is 3.47. The van der Waals surface area contributed by atoms with Crippen LogP contribution in [0, 0.1) is 28.7 Å². The van der Waals surface area contributed by atoms with Crippen molar-refractivity contribution in [1.82, 2.24) is 0 Å². The van der Waals surface area contributed by atoms with Crippen LogP contribution >= 0.6 is 0 Å². The predicted molar refractivity (Wildman–Crippen MR) is 57.1 cm³/mol. The summed E-state index contributed by atoms with van der Waals surface area (Å²) >= 11 is 0. The van der Waals surface area contributed by atoms with Gasteiger partial charge in [0.1, 0.15) is 0 Å². The highest BCUT2D eigenvalue weighted by atomic mass is 19.2. The van der Waals surface area contributed by atoms with Gasteiger partial charge < -0.3 is 10.5 Å². The summed E-state index contributed by atoms with van der Waals surface area (Å²) in [6.07, 6.45) is 2.34. The second kappa shape index (κ2) is 4.76. The molecule has 0 amide bonds. The van der Waals surface area contributed by atoms with E-state index in [9.17, 15) is 17.6 Å². The average molecular weight is 263 g/mol. The molecular formula is C12H13F4NO. The largest absolute Gasteiger partial charge is 0.487 e. The van der Waals surface area contributed by atoms with Crippen molar-refractivity contribution >= 4 is 0 Å². The molecule has 6 heteroatoms. The van der Waals surface area contributed by atoms with Crippen molar-refractivity contribution in [2.24, 2.45) is 11.1 Å². The zero-order chi connectivity index (χ0) is 13.3. The zero-order valence-corrected chi connectivity index (χ0v) is 9.61. The van der Waals surface area contributed by atoms with Crippen LogP contribution in [-0.2, 0) is 0 Å². The van der Waals surface area contributed by atoms with Gasteiger partial charge in [0.05, 0.1) is 6.61 Å². The van der Waals surface area contributed by atoms with Gasteiger partial charge in [-0.05, 0) is 25.8 Å². The third kappa shape index (κ3) is 2.43. The minimum absolute atomic E-state index is 0.0148. The number of rotatable bonds is 5. The third-order valence-corrected chi connectivity index (χ3v) is 3.23. The third-order valence-electron chi connectivity index (χ3n) is 3.23. The molecule has 0 heterocycles. The summed E-state index contributed by atoms with van der Waals surface area (Å²) in [4.78, 5) is 0. The summed E-state index contributed by atoms with van der Waals surface area (Å²) in [5, 5.41) is 0. The molecule has 1 fully saturated rings. The average Bonchev–Trinajstić information content (AvgIpc) is 3.07. The molecule has 0 aliphatic heterocycles. The number of hydrogen-bond acceptors (Lipinski definition) is 2. The van der Waals surface area contributed by atoms with Crippen molar-refractivity contribution in [1.29, 1.82) is 0 Å². The fraction of sp³-hybridized carbons (Fsp3) is 0.500. The van der Waals surface area contributed by atoms with Crippen molar-refractivity contribution in [3.63, 3.8) is 0 Å². The van der Waals surface area contributed by atoms with E-state index >= 15 is 0 Å². The van der Waals surface area contributed by atoms with E-state index in [1.165, 1.54) is 0 Å². The summed E-state index contributed by atoms with van der Waals surface area (Å²) in [6.45, 7) is 0.451. The molecule has 0 unspecified atom stereocenters. The molecule has 1 saturated carbocycles. The Labute approximate surface area is 102 Å². The van der Waals surface area contributed by atoms with E-state index < -0.39 is 29.0 Å². The van der Waals surface area contributed by atoms with Gasteiger partial charge in [0.2, 0.25) is 11.6 Å². The van der Waals surface area contributed by atoms with Gasteiger partial charge in [0, 0.05) is 11.5 Å².